The van der Waals surface area contributed by atoms with E-state index in [1.54, 1.807) is 36.4 Å². The van der Waals surface area contributed by atoms with Crippen molar-refractivity contribution in [2.24, 2.45) is 0 Å². The highest BCUT2D eigenvalue weighted by Crippen LogP contribution is 2.31. The third kappa shape index (κ3) is 3.65. The predicted molar refractivity (Wildman–Crippen MR) is 95.5 cm³/mol. The van der Waals surface area contributed by atoms with E-state index in [0.717, 1.165) is 5.39 Å². The van der Waals surface area contributed by atoms with Crippen LogP contribution in [0.25, 0.3) is 10.8 Å². The summed E-state index contributed by atoms with van der Waals surface area (Å²) in [4.78, 5) is 0.142. The van der Waals surface area contributed by atoms with Gasteiger partial charge in [0.25, 0.3) is 0 Å². The molecule has 0 unspecified atom stereocenters. The predicted octanol–water partition coefficient (Wildman–Crippen LogP) is 3.86. The highest BCUT2D eigenvalue weighted by molar-refractivity contribution is 7.89. The molecule has 1 N–H and O–H groups in total. The van der Waals surface area contributed by atoms with E-state index in [2.05, 4.69) is 4.72 Å². The zero-order chi connectivity index (χ0) is 17.9. The van der Waals surface area contributed by atoms with Crippen LogP contribution in [0.4, 0.5) is 4.39 Å². The first-order valence-electron chi connectivity index (χ1n) is 7.90. The molecule has 0 atom stereocenters. The Morgan fingerprint density at radius 3 is 2.36 bits per heavy atom. The number of fused-ring (bicyclic) bond motifs is 1. The third-order valence-corrected chi connectivity index (χ3v) is 5.30. The quantitative estimate of drug-likeness (QED) is 0.727. The van der Waals surface area contributed by atoms with Gasteiger partial charge in [-0.15, -0.1) is 0 Å². The van der Waals surface area contributed by atoms with Gasteiger partial charge in [-0.2, -0.15) is 0 Å². The topological polar surface area (TPSA) is 55.4 Å². The van der Waals surface area contributed by atoms with Gasteiger partial charge in [0.2, 0.25) is 10.0 Å². The van der Waals surface area contributed by atoms with Gasteiger partial charge in [0.05, 0.1) is 11.5 Å². The van der Waals surface area contributed by atoms with Gasteiger partial charge in [-0.05, 0) is 25.1 Å². The van der Waals surface area contributed by atoms with E-state index in [9.17, 15) is 12.8 Å². The fourth-order valence-electron chi connectivity index (χ4n) is 2.65. The maximum Gasteiger partial charge on any atom is 0.241 e. The van der Waals surface area contributed by atoms with Crippen molar-refractivity contribution in [3.8, 4) is 5.75 Å². The molecule has 3 rings (SSSR count). The molecule has 4 nitrogen and oxygen atoms in total. The Balaban J connectivity index is 1.97. The molecule has 0 aliphatic carbocycles. The Morgan fingerprint density at radius 1 is 0.960 bits per heavy atom. The first-order chi connectivity index (χ1) is 12.0. The van der Waals surface area contributed by atoms with E-state index in [-0.39, 0.29) is 11.4 Å². The minimum Gasteiger partial charge on any atom is -0.493 e. The molecular weight excluding hydrogens is 341 g/mol. The van der Waals surface area contributed by atoms with Crippen LogP contribution in [0.15, 0.2) is 65.6 Å². The standard InChI is InChI=1S/C19H18FNO3S/c1-2-24-18-11-12-19(16-9-5-4-8-15(16)18)25(22,23)21-13-14-7-3-6-10-17(14)20/h3-12,21H,2,13H2,1H3. The number of ether oxygens (including phenoxy) is 1. The second kappa shape index (κ2) is 7.21. The zero-order valence-corrected chi connectivity index (χ0v) is 14.5. The first-order valence-corrected chi connectivity index (χ1v) is 9.39. The summed E-state index contributed by atoms with van der Waals surface area (Å²) in [5, 5.41) is 1.28. The number of rotatable bonds is 6. The van der Waals surface area contributed by atoms with Crippen molar-refractivity contribution in [3.05, 3.63) is 72.0 Å². The largest absolute Gasteiger partial charge is 0.493 e. The molecule has 6 heteroatoms. The molecule has 0 amide bonds. The van der Waals surface area contributed by atoms with E-state index < -0.39 is 15.8 Å². The van der Waals surface area contributed by atoms with Crippen molar-refractivity contribution in [2.75, 3.05) is 6.61 Å². The summed E-state index contributed by atoms with van der Waals surface area (Å²) in [7, 11) is -3.81. The lowest BCUT2D eigenvalue weighted by Gasteiger charge is -2.13. The summed E-state index contributed by atoms with van der Waals surface area (Å²) in [6.45, 7) is 2.24. The summed E-state index contributed by atoms with van der Waals surface area (Å²) in [6, 6.07) is 16.4. The molecule has 0 saturated carbocycles. The van der Waals surface area contributed by atoms with Gasteiger partial charge in [-0.3, -0.25) is 0 Å². The van der Waals surface area contributed by atoms with Gasteiger partial charge in [-0.1, -0.05) is 42.5 Å². The molecular formula is C19H18FNO3S. The smallest absolute Gasteiger partial charge is 0.241 e. The second-order valence-electron chi connectivity index (χ2n) is 5.46. The Bertz CT molecular complexity index is 1000. The number of halogens is 1. The summed E-state index contributed by atoms with van der Waals surface area (Å²) in [5.74, 6) is 0.188. The fraction of sp³-hybridized carbons (Fsp3) is 0.158. The molecule has 130 valence electrons. The van der Waals surface area contributed by atoms with Gasteiger partial charge >= 0.3 is 0 Å². The lowest BCUT2D eigenvalue weighted by molar-refractivity contribution is 0.344. The molecule has 0 fully saturated rings. The minimum absolute atomic E-state index is 0.115. The van der Waals surface area contributed by atoms with Gasteiger partial charge in [-0.25, -0.2) is 17.5 Å². The molecule has 0 radical (unpaired) electrons. The summed E-state index contributed by atoms with van der Waals surface area (Å²) < 4.78 is 47.2. The number of hydrogen-bond acceptors (Lipinski definition) is 3. The highest BCUT2D eigenvalue weighted by atomic mass is 32.2. The molecule has 0 heterocycles. The van der Waals surface area contributed by atoms with Crippen LogP contribution in [0.3, 0.4) is 0 Å². The highest BCUT2D eigenvalue weighted by Gasteiger charge is 2.19. The third-order valence-electron chi connectivity index (χ3n) is 3.84. The monoisotopic (exact) mass is 359 g/mol. The van der Waals surface area contributed by atoms with Crippen LogP contribution in [0.1, 0.15) is 12.5 Å². The van der Waals surface area contributed by atoms with Gasteiger partial charge in [0.1, 0.15) is 11.6 Å². The number of hydrogen-bond donors (Lipinski definition) is 1. The minimum atomic E-state index is -3.81. The lowest BCUT2D eigenvalue weighted by atomic mass is 10.1. The van der Waals surface area contributed by atoms with Crippen molar-refractivity contribution < 1.29 is 17.5 Å². The summed E-state index contributed by atoms with van der Waals surface area (Å²) in [5.41, 5.74) is 0.293. The molecule has 0 aliphatic rings. The van der Waals surface area contributed by atoms with E-state index in [1.807, 2.05) is 19.1 Å². The summed E-state index contributed by atoms with van der Waals surface area (Å²) in [6.07, 6.45) is 0. The van der Waals surface area contributed by atoms with Crippen LogP contribution in [0, 0.1) is 5.82 Å². The van der Waals surface area contributed by atoms with Crippen molar-refractivity contribution >= 4 is 20.8 Å². The van der Waals surface area contributed by atoms with Crippen LogP contribution < -0.4 is 9.46 Å². The first kappa shape index (κ1) is 17.4. The molecule has 3 aromatic rings. The van der Waals surface area contributed by atoms with Crippen molar-refractivity contribution in [1.29, 1.82) is 0 Å². The van der Waals surface area contributed by atoms with Crippen molar-refractivity contribution in [3.63, 3.8) is 0 Å². The Hall–Kier alpha value is -2.44. The normalized spacial score (nSPS) is 11.6. The molecule has 0 saturated heterocycles. The Morgan fingerprint density at radius 2 is 1.64 bits per heavy atom. The van der Waals surface area contributed by atoms with Crippen LogP contribution in [-0.2, 0) is 16.6 Å². The fourth-order valence-corrected chi connectivity index (χ4v) is 3.87. The Kier molecular flexibility index (Phi) is 5.01. The van der Waals surface area contributed by atoms with Crippen molar-refractivity contribution in [2.45, 2.75) is 18.4 Å². The number of nitrogens with one attached hydrogen (secondary N) is 1. The average molecular weight is 359 g/mol. The van der Waals surface area contributed by atoms with Crippen LogP contribution in [-0.4, -0.2) is 15.0 Å². The number of benzene rings is 3. The molecule has 3 aromatic carbocycles. The number of sulfonamides is 1. The SMILES string of the molecule is CCOc1ccc(S(=O)(=O)NCc2ccccc2F)c2ccccc12. The molecule has 25 heavy (non-hydrogen) atoms. The summed E-state index contributed by atoms with van der Waals surface area (Å²) >= 11 is 0. The van der Waals surface area contributed by atoms with Crippen molar-refractivity contribution in [1.82, 2.24) is 4.72 Å². The van der Waals surface area contributed by atoms with E-state index in [1.165, 1.54) is 12.1 Å². The van der Waals surface area contributed by atoms with Crippen LogP contribution >= 0.6 is 0 Å². The molecule has 0 spiro atoms. The maximum atomic E-state index is 13.7. The second-order valence-corrected chi connectivity index (χ2v) is 7.19. The maximum absolute atomic E-state index is 13.7. The van der Waals surface area contributed by atoms with E-state index >= 15 is 0 Å². The molecule has 0 aliphatic heterocycles. The zero-order valence-electron chi connectivity index (χ0n) is 13.7. The van der Waals surface area contributed by atoms with Gasteiger partial charge in [0.15, 0.2) is 0 Å². The molecule has 0 aromatic heterocycles. The molecule has 0 bridgehead atoms. The van der Waals surface area contributed by atoms with Crippen LogP contribution in [0.5, 0.6) is 5.75 Å². The van der Waals surface area contributed by atoms with E-state index in [0.29, 0.717) is 23.3 Å². The Labute approximate surface area is 146 Å². The lowest BCUT2D eigenvalue weighted by Crippen LogP contribution is -2.24. The van der Waals surface area contributed by atoms with E-state index in [4.69, 9.17) is 4.74 Å². The van der Waals surface area contributed by atoms with Gasteiger partial charge < -0.3 is 4.74 Å². The average Bonchev–Trinajstić information content (AvgIpc) is 2.61. The van der Waals surface area contributed by atoms with Gasteiger partial charge in [0, 0.05) is 22.9 Å². The van der Waals surface area contributed by atoms with Crippen LogP contribution in [0.2, 0.25) is 0 Å².